The van der Waals surface area contributed by atoms with Gasteiger partial charge in [0, 0.05) is 30.0 Å². The number of fused-ring (bicyclic) bond motifs is 1. The molecule has 0 radical (unpaired) electrons. The zero-order chi connectivity index (χ0) is 27.1. The number of aromatic nitrogens is 2. The number of nitrogens with zero attached hydrogens (tertiary/aromatic N) is 2. The predicted octanol–water partition coefficient (Wildman–Crippen LogP) is 4.95. The highest BCUT2D eigenvalue weighted by Gasteiger charge is 2.20. The van der Waals surface area contributed by atoms with E-state index >= 15 is 0 Å². The third-order valence-electron chi connectivity index (χ3n) is 6.03. The lowest BCUT2D eigenvalue weighted by atomic mass is 10.0. The van der Waals surface area contributed by atoms with Crippen molar-refractivity contribution in [3.63, 3.8) is 0 Å². The highest BCUT2D eigenvalue weighted by Crippen LogP contribution is 2.41. The molecule has 0 aliphatic heterocycles. The molecule has 9 heteroatoms. The molecule has 0 bridgehead atoms. The Balaban J connectivity index is 0.00000107. The molecule has 0 spiro atoms. The van der Waals surface area contributed by atoms with Crippen LogP contribution in [0.4, 0.5) is 11.8 Å². The first kappa shape index (κ1) is 26.0. The van der Waals surface area contributed by atoms with Crippen LogP contribution >= 0.6 is 0 Å². The number of carboxylic acid groups (broad SMARTS) is 1. The Kier molecular flexibility index (Phi) is 8.07. The van der Waals surface area contributed by atoms with E-state index in [0.29, 0.717) is 35.7 Å². The number of benzene rings is 3. The van der Waals surface area contributed by atoms with Crippen LogP contribution in [-0.4, -0.2) is 35.8 Å². The van der Waals surface area contributed by atoms with Gasteiger partial charge >= 0.3 is 0 Å². The molecule has 194 valence electrons. The van der Waals surface area contributed by atoms with Crippen molar-refractivity contribution in [2.24, 2.45) is 0 Å². The van der Waals surface area contributed by atoms with Gasteiger partial charge < -0.3 is 30.5 Å². The zero-order valence-corrected chi connectivity index (χ0v) is 21.0. The van der Waals surface area contributed by atoms with Crippen molar-refractivity contribution in [2.45, 2.75) is 12.8 Å². The lowest BCUT2D eigenvalue weighted by molar-refractivity contribution is -0.122. The van der Waals surface area contributed by atoms with Gasteiger partial charge in [-0.3, -0.25) is 4.79 Å². The average Bonchev–Trinajstić information content (AvgIpc) is 3.35. The molecular formula is C29H28N4O5. The molecule has 0 unspecified atom stereocenters. The van der Waals surface area contributed by atoms with Crippen LogP contribution in [0.25, 0.3) is 22.1 Å². The summed E-state index contributed by atoms with van der Waals surface area (Å²) < 4.78 is 17.5. The van der Waals surface area contributed by atoms with Gasteiger partial charge in [-0.1, -0.05) is 54.6 Å². The molecule has 0 saturated carbocycles. The van der Waals surface area contributed by atoms with Gasteiger partial charge in [0.05, 0.1) is 14.2 Å². The highest BCUT2D eigenvalue weighted by atomic mass is 16.5. The third-order valence-corrected chi connectivity index (χ3v) is 6.03. The summed E-state index contributed by atoms with van der Waals surface area (Å²) in [5.74, 6) is 2.45. The van der Waals surface area contributed by atoms with Gasteiger partial charge in [0.1, 0.15) is 11.6 Å². The second-order valence-electron chi connectivity index (χ2n) is 8.39. The summed E-state index contributed by atoms with van der Waals surface area (Å²) in [7, 11) is 3.21. The van der Waals surface area contributed by atoms with Crippen LogP contribution in [0, 0.1) is 0 Å². The molecule has 0 saturated heterocycles. The second kappa shape index (κ2) is 11.8. The van der Waals surface area contributed by atoms with Crippen molar-refractivity contribution < 1.29 is 23.8 Å². The molecule has 0 fully saturated rings. The van der Waals surface area contributed by atoms with Gasteiger partial charge in [0.25, 0.3) is 6.47 Å². The van der Waals surface area contributed by atoms with Crippen LogP contribution in [0.5, 0.6) is 11.5 Å². The first-order valence-corrected chi connectivity index (χ1v) is 11.7. The van der Waals surface area contributed by atoms with Crippen molar-refractivity contribution in [1.82, 2.24) is 9.97 Å². The third kappa shape index (κ3) is 5.67. The zero-order valence-electron chi connectivity index (χ0n) is 21.0. The maximum atomic E-state index is 8.36. The Morgan fingerprint density at radius 2 is 1.61 bits per heavy atom. The quantitative estimate of drug-likeness (QED) is 0.258. The number of ether oxygens (including phenoxy) is 2. The first-order chi connectivity index (χ1) is 18.5. The van der Waals surface area contributed by atoms with E-state index in [2.05, 4.69) is 46.4 Å². The largest absolute Gasteiger partial charge is 0.493 e. The van der Waals surface area contributed by atoms with E-state index in [0.717, 1.165) is 27.8 Å². The predicted molar refractivity (Wildman–Crippen MR) is 146 cm³/mol. The number of furan rings is 1. The summed E-state index contributed by atoms with van der Waals surface area (Å²) in [6.07, 6.45) is 2.78. The van der Waals surface area contributed by atoms with Crippen molar-refractivity contribution in [2.75, 3.05) is 25.7 Å². The number of carbonyl (C=O) groups is 1. The number of nitrogen functional groups attached to an aromatic ring is 2. The topological polar surface area (TPSA) is 147 Å². The lowest BCUT2D eigenvalue weighted by Crippen LogP contribution is -2.04. The Hall–Kier alpha value is -5.05. The van der Waals surface area contributed by atoms with Gasteiger partial charge in [0.15, 0.2) is 11.3 Å². The molecule has 0 aliphatic carbocycles. The Bertz CT molecular complexity index is 1530. The minimum Gasteiger partial charge on any atom is -0.493 e. The maximum Gasteiger partial charge on any atom is 0.290 e. The van der Waals surface area contributed by atoms with Gasteiger partial charge in [0.2, 0.25) is 11.7 Å². The monoisotopic (exact) mass is 512 g/mol. The summed E-state index contributed by atoms with van der Waals surface area (Å²) in [5, 5.41) is 7.81. The van der Waals surface area contributed by atoms with E-state index < -0.39 is 0 Å². The molecule has 0 amide bonds. The summed E-state index contributed by atoms with van der Waals surface area (Å²) in [6, 6.07) is 22.8. The van der Waals surface area contributed by atoms with E-state index in [1.165, 1.54) is 11.1 Å². The van der Waals surface area contributed by atoms with Crippen LogP contribution in [-0.2, 0) is 17.6 Å². The maximum absolute atomic E-state index is 8.36. The highest BCUT2D eigenvalue weighted by molar-refractivity contribution is 5.90. The molecule has 5 aromatic rings. The lowest BCUT2D eigenvalue weighted by Gasteiger charge is -2.12. The van der Waals surface area contributed by atoms with Gasteiger partial charge in [-0.2, -0.15) is 4.98 Å². The van der Waals surface area contributed by atoms with E-state index in [1.54, 1.807) is 20.4 Å². The fraction of sp³-hybridized carbons (Fsp3) is 0.138. The van der Waals surface area contributed by atoms with Crippen molar-refractivity contribution in [3.05, 3.63) is 95.4 Å². The van der Waals surface area contributed by atoms with E-state index in [-0.39, 0.29) is 12.4 Å². The van der Waals surface area contributed by atoms with Gasteiger partial charge in [-0.15, -0.1) is 0 Å². The number of rotatable bonds is 7. The molecule has 2 heterocycles. The smallest absolute Gasteiger partial charge is 0.290 e. The minimum atomic E-state index is -0.250. The van der Waals surface area contributed by atoms with Crippen LogP contribution in [0.2, 0.25) is 0 Å². The molecule has 0 atom stereocenters. The molecule has 3 aromatic carbocycles. The fourth-order valence-electron chi connectivity index (χ4n) is 4.26. The van der Waals surface area contributed by atoms with Crippen molar-refractivity contribution in [3.8, 4) is 22.6 Å². The summed E-state index contributed by atoms with van der Waals surface area (Å²) in [6.45, 7) is -0.250. The van der Waals surface area contributed by atoms with E-state index in [4.69, 9.17) is 35.3 Å². The summed E-state index contributed by atoms with van der Waals surface area (Å²) in [4.78, 5) is 16.5. The number of hydrogen-bond donors (Lipinski definition) is 3. The Morgan fingerprint density at radius 1 is 0.921 bits per heavy atom. The Morgan fingerprint density at radius 3 is 2.24 bits per heavy atom. The van der Waals surface area contributed by atoms with Gasteiger partial charge in [-0.05, 0) is 34.4 Å². The molecule has 9 nitrogen and oxygen atoms in total. The summed E-state index contributed by atoms with van der Waals surface area (Å²) >= 11 is 0. The standard InChI is InChI=1S/C28H26N4O3.CH2O2/c1-33-24-14-20(13-21-16-31-28(30)32-27(21)29)23-15-22(35-25(23)26(24)34-2)12-17-8-10-19(11-9-17)18-6-4-3-5-7-18;2-1-3/h3-11,14-16H,12-13H2,1-2H3,(H4,29,30,31,32);1H,(H,2,3). The summed E-state index contributed by atoms with van der Waals surface area (Å²) in [5.41, 5.74) is 17.6. The normalized spacial score (nSPS) is 10.5. The second-order valence-corrected chi connectivity index (χ2v) is 8.39. The average molecular weight is 513 g/mol. The van der Waals surface area contributed by atoms with E-state index in [1.807, 2.05) is 30.3 Å². The number of nitrogens with two attached hydrogens (primary N) is 2. The SMILES string of the molecule is COc1cc(Cc2cnc(N)nc2N)c2cc(Cc3ccc(-c4ccccc4)cc3)oc2c1OC.O=CO. The molecule has 5 rings (SSSR count). The molecule has 38 heavy (non-hydrogen) atoms. The van der Waals surface area contributed by atoms with E-state index in [9.17, 15) is 0 Å². The minimum absolute atomic E-state index is 0.146. The fourth-order valence-corrected chi connectivity index (χ4v) is 4.26. The van der Waals surface area contributed by atoms with Crippen LogP contribution in [0.15, 0.2) is 77.3 Å². The Labute approximate surface area is 219 Å². The number of hydrogen-bond acceptors (Lipinski definition) is 8. The number of anilines is 2. The van der Waals surface area contributed by atoms with Crippen LogP contribution < -0.4 is 20.9 Å². The first-order valence-electron chi connectivity index (χ1n) is 11.7. The molecule has 0 aliphatic rings. The van der Waals surface area contributed by atoms with Gasteiger partial charge in [-0.25, -0.2) is 4.98 Å². The van der Waals surface area contributed by atoms with Crippen molar-refractivity contribution in [1.29, 1.82) is 0 Å². The molecule has 5 N–H and O–H groups in total. The van der Waals surface area contributed by atoms with Crippen LogP contribution in [0.3, 0.4) is 0 Å². The van der Waals surface area contributed by atoms with Crippen LogP contribution in [0.1, 0.15) is 22.5 Å². The number of methoxy groups -OCH3 is 2. The molecule has 2 aromatic heterocycles. The molecular weight excluding hydrogens is 484 g/mol. The van der Waals surface area contributed by atoms with Crippen molar-refractivity contribution >= 4 is 29.2 Å².